The number of hydrogen-bond donors (Lipinski definition) is 0. The van der Waals surface area contributed by atoms with Crippen molar-refractivity contribution >= 4 is 18.0 Å². The van der Waals surface area contributed by atoms with Crippen LogP contribution in [-0.4, -0.2) is 41.3 Å². The van der Waals surface area contributed by atoms with E-state index in [1.54, 1.807) is 20.8 Å². The van der Waals surface area contributed by atoms with Gasteiger partial charge in [-0.1, -0.05) is 30.3 Å². The Morgan fingerprint density at radius 2 is 1.92 bits per heavy atom. The van der Waals surface area contributed by atoms with Crippen molar-refractivity contribution in [1.82, 2.24) is 4.90 Å². The van der Waals surface area contributed by atoms with E-state index in [0.717, 1.165) is 5.56 Å². The van der Waals surface area contributed by atoms with Crippen LogP contribution in [0.2, 0.25) is 0 Å². The first-order chi connectivity index (χ1) is 11.8. The van der Waals surface area contributed by atoms with Crippen LogP contribution in [0.25, 0.3) is 0 Å². The van der Waals surface area contributed by atoms with Crippen molar-refractivity contribution < 1.29 is 28.6 Å². The second-order valence-corrected chi connectivity index (χ2v) is 6.74. The Bertz CT molecular complexity index is 622. The molecular formula is C18H23NO6. The molecule has 1 atom stereocenters. The van der Waals surface area contributed by atoms with Crippen molar-refractivity contribution in [2.45, 2.75) is 51.9 Å². The molecule has 0 radical (unpaired) electrons. The lowest BCUT2D eigenvalue weighted by atomic mass is 10.1. The molecule has 7 heteroatoms. The monoisotopic (exact) mass is 349 g/mol. The fourth-order valence-electron chi connectivity index (χ4n) is 2.35. The molecule has 1 aromatic carbocycles. The number of benzene rings is 1. The maximum absolute atomic E-state index is 12.2. The number of nitrogens with zero attached hydrogens (tertiary/aromatic N) is 1. The number of cyclic esters (lactones) is 1. The van der Waals surface area contributed by atoms with Crippen LogP contribution in [0.15, 0.2) is 30.3 Å². The van der Waals surface area contributed by atoms with Crippen molar-refractivity contribution in [1.29, 1.82) is 0 Å². The second-order valence-electron chi connectivity index (χ2n) is 6.74. The quantitative estimate of drug-likeness (QED) is 0.600. The third-order valence-corrected chi connectivity index (χ3v) is 3.48. The molecule has 0 spiro atoms. The maximum atomic E-state index is 12.2. The van der Waals surface area contributed by atoms with Gasteiger partial charge in [-0.2, -0.15) is 0 Å². The minimum absolute atomic E-state index is 0.0134. The predicted octanol–water partition coefficient (Wildman–Crippen LogP) is 2.63. The van der Waals surface area contributed by atoms with Gasteiger partial charge < -0.3 is 14.2 Å². The molecule has 1 aliphatic rings. The third kappa shape index (κ3) is 5.77. The van der Waals surface area contributed by atoms with Crippen molar-refractivity contribution in [3.63, 3.8) is 0 Å². The lowest BCUT2D eigenvalue weighted by Crippen LogP contribution is -2.39. The summed E-state index contributed by atoms with van der Waals surface area (Å²) in [5.41, 5.74) is 0.245. The topological polar surface area (TPSA) is 82.1 Å². The number of carbonyl (C=O) groups is 3. The van der Waals surface area contributed by atoms with Gasteiger partial charge in [-0.05, 0) is 32.8 Å². The van der Waals surface area contributed by atoms with Crippen LogP contribution in [0.5, 0.6) is 0 Å². The third-order valence-electron chi connectivity index (χ3n) is 3.48. The standard InChI is InChI=1S/C18H23NO6/c1-18(2,3)25-15(20)10-9-14-16(21)24-12-19(14)17(22)23-11-13-7-5-4-6-8-13/h4-8,14H,9-12H2,1-3H3. The zero-order valence-electron chi connectivity index (χ0n) is 14.7. The van der Waals surface area contributed by atoms with Crippen LogP contribution in [0.1, 0.15) is 39.2 Å². The molecule has 1 aliphatic heterocycles. The Balaban J connectivity index is 1.87. The molecule has 0 aliphatic carbocycles. The molecule has 1 amide bonds. The van der Waals surface area contributed by atoms with Crippen molar-refractivity contribution in [2.75, 3.05) is 6.73 Å². The molecule has 1 unspecified atom stereocenters. The fraction of sp³-hybridized carbons (Fsp3) is 0.500. The predicted molar refractivity (Wildman–Crippen MR) is 88.3 cm³/mol. The van der Waals surface area contributed by atoms with Gasteiger partial charge in [-0.15, -0.1) is 0 Å². The molecule has 0 aromatic heterocycles. The van der Waals surface area contributed by atoms with E-state index in [4.69, 9.17) is 14.2 Å². The van der Waals surface area contributed by atoms with Gasteiger partial charge in [0.05, 0.1) is 0 Å². The minimum atomic E-state index is -0.837. The normalized spacial score (nSPS) is 17.2. The molecule has 0 saturated carbocycles. The summed E-state index contributed by atoms with van der Waals surface area (Å²) >= 11 is 0. The number of amides is 1. The largest absolute Gasteiger partial charge is 0.460 e. The average molecular weight is 349 g/mol. The first-order valence-corrected chi connectivity index (χ1v) is 8.12. The summed E-state index contributed by atoms with van der Waals surface area (Å²) < 4.78 is 15.3. The first kappa shape index (κ1) is 18.8. The van der Waals surface area contributed by atoms with E-state index in [9.17, 15) is 14.4 Å². The van der Waals surface area contributed by atoms with Crippen LogP contribution in [0.4, 0.5) is 4.79 Å². The Kier molecular flexibility index (Phi) is 6.01. The Morgan fingerprint density at radius 3 is 2.56 bits per heavy atom. The first-order valence-electron chi connectivity index (χ1n) is 8.12. The van der Waals surface area contributed by atoms with Crippen LogP contribution in [0, 0.1) is 0 Å². The molecule has 1 heterocycles. The highest BCUT2D eigenvalue weighted by Gasteiger charge is 2.39. The van der Waals surface area contributed by atoms with Crippen LogP contribution >= 0.6 is 0 Å². The van der Waals surface area contributed by atoms with E-state index in [-0.39, 0.29) is 26.2 Å². The molecule has 25 heavy (non-hydrogen) atoms. The summed E-state index contributed by atoms with van der Waals surface area (Å²) in [5.74, 6) is -0.968. The van der Waals surface area contributed by atoms with Gasteiger partial charge in [0.2, 0.25) is 0 Å². The van der Waals surface area contributed by atoms with Gasteiger partial charge in [0.15, 0.2) is 6.73 Å². The summed E-state index contributed by atoms with van der Waals surface area (Å²) in [6.45, 7) is 5.22. The van der Waals surface area contributed by atoms with Gasteiger partial charge in [0.25, 0.3) is 0 Å². The van der Waals surface area contributed by atoms with E-state index in [0.29, 0.717) is 0 Å². The average Bonchev–Trinajstić information content (AvgIpc) is 2.91. The number of rotatable bonds is 5. The molecule has 0 N–H and O–H groups in total. The molecule has 1 aromatic rings. The van der Waals surface area contributed by atoms with Gasteiger partial charge in [-0.25, -0.2) is 9.59 Å². The SMILES string of the molecule is CC(C)(C)OC(=O)CCC1C(=O)OCN1C(=O)OCc1ccccc1. The molecule has 2 rings (SSSR count). The summed E-state index contributed by atoms with van der Waals surface area (Å²) in [7, 11) is 0. The minimum Gasteiger partial charge on any atom is -0.460 e. The van der Waals surface area contributed by atoms with Gasteiger partial charge in [-0.3, -0.25) is 9.69 Å². The number of carbonyl (C=O) groups excluding carboxylic acids is 3. The summed E-state index contributed by atoms with van der Waals surface area (Å²) in [4.78, 5) is 37.0. The Morgan fingerprint density at radius 1 is 1.24 bits per heavy atom. The van der Waals surface area contributed by atoms with Crippen molar-refractivity contribution in [2.24, 2.45) is 0 Å². The molecular weight excluding hydrogens is 326 g/mol. The highest BCUT2D eigenvalue weighted by atomic mass is 16.6. The van der Waals surface area contributed by atoms with E-state index in [1.807, 2.05) is 30.3 Å². The lowest BCUT2D eigenvalue weighted by molar-refractivity contribution is -0.155. The van der Waals surface area contributed by atoms with E-state index < -0.39 is 29.7 Å². The molecule has 7 nitrogen and oxygen atoms in total. The highest BCUT2D eigenvalue weighted by molar-refractivity contribution is 5.84. The van der Waals surface area contributed by atoms with Gasteiger partial charge >= 0.3 is 18.0 Å². The zero-order chi connectivity index (χ0) is 18.4. The van der Waals surface area contributed by atoms with Gasteiger partial charge in [0, 0.05) is 6.42 Å². The van der Waals surface area contributed by atoms with E-state index >= 15 is 0 Å². The maximum Gasteiger partial charge on any atom is 0.413 e. The number of esters is 2. The van der Waals surface area contributed by atoms with Crippen molar-refractivity contribution in [3.05, 3.63) is 35.9 Å². The molecule has 136 valence electrons. The molecule has 1 saturated heterocycles. The summed E-state index contributed by atoms with van der Waals surface area (Å²) in [6.07, 6.45) is -0.503. The second kappa shape index (κ2) is 8.00. The van der Waals surface area contributed by atoms with E-state index in [2.05, 4.69) is 0 Å². The lowest BCUT2D eigenvalue weighted by Gasteiger charge is -2.22. The summed E-state index contributed by atoms with van der Waals surface area (Å²) in [5, 5.41) is 0. The summed E-state index contributed by atoms with van der Waals surface area (Å²) in [6, 6.07) is 8.38. The van der Waals surface area contributed by atoms with Gasteiger partial charge in [0.1, 0.15) is 18.2 Å². The molecule has 0 bridgehead atoms. The zero-order valence-corrected chi connectivity index (χ0v) is 14.7. The van der Waals surface area contributed by atoms with Crippen LogP contribution < -0.4 is 0 Å². The Hall–Kier alpha value is -2.57. The highest BCUT2D eigenvalue weighted by Crippen LogP contribution is 2.19. The van der Waals surface area contributed by atoms with Crippen LogP contribution in [-0.2, 0) is 30.4 Å². The fourth-order valence-corrected chi connectivity index (χ4v) is 2.35. The van der Waals surface area contributed by atoms with E-state index in [1.165, 1.54) is 4.90 Å². The van der Waals surface area contributed by atoms with Crippen LogP contribution in [0.3, 0.4) is 0 Å². The number of ether oxygens (including phenoxy) is 3. The number of hydrogen-bond acceptors (Lipinski definition) is 6. The van der Waals surface area contributed by atoms with Crippen molar-refractivity contribution in [3.8, 4) is 0 Å². The smallest absolute Gasteiger partial charge is 0.413 e. The molecule has 1 fully saturated rings. The Labute approximate surface area is 146 Å².